The van der Waals surface area contributed by atoms with E-state index >= 15 is 0 Å². The number of aromatic nitrogens is 4. The van der Waals surface area contributed by atoms with Gasteiger partial charge in [0.2, 0.25) is 0 Å². The molecule has 2 aliphatic rings. The Hall–Kier alpha value is -7.09. The Balaban J connectivity index is 0.000000184. The summed E-state index contributed by atoms with van der Waals surface area (Å²) in [5.41, 5.74) is 6.49. The van der Waals surface area contributed by atoms with E-state index in [1.807, 2.05) is 94.9 Å². The molecule has 0 unspecified atom stereocenters. The van der Waals surface area contributed by atoms with E-state index in [0.29, 0.717) is 32.2 Å². The maximum absolute atomic E-state index is 13.6. The van der Waals surface area contributed by atoms with Crippen LogP contribution in [0.25, 0.3) is 21.5 Å². The quantitative estimate of drug-likeness (QED) is 0.0959. The molecule has 10 nitrogen and oxygen atoms in total. The number of piperazine rings is 2. The van der Waals surface area contributed by atoms with E-state index < -0.39 is 11.7 Å². The van der Waals surface area contributed by atoms with Crippen molar-refractivity contribution in [2.24, 2.45) is 0 Å². The van der Waals surface area contributed by atoms with Crippen LogP contribution in [0.3, 0.4) is 0 Å². The van der Waals surface area contributed by atoms with Crippen molar-refractivity contribution in [3.8, 4) is 0 Å². The maximum atomic E-state index is 13.6. The number of hydrogen-bond donors (Lipinski definition) is 0. The van der Waals surface area contributed by atoms with Gasteiger partial charge in [-0.05, 0) is 76.7 Å². The highest BCUT2D eigenvalue weighted by atomic mass is 19.4. The molecule has 4 heterocycles. The lowest BCUT2D eigenvalue weighted by Gasteiger charge is -2.41. The molecule has 75 heavy (non-hydrogen) atoms. The smallest absolute Gasteiger partial charge is 0.336 e. The van der Waals surface area contributed by atoms with E-state index in [-0.39, 0.29) is 17.9 Å². The maximum Gasteiger partial charge on any atom is 0.416 e. The average Bonchev–Trinajstić information content (AvgIpc) is 4.08. The summed E-state index contributed by atoms with van der Waals surface area (Å²) in [5.74, 6) is 0.220. The minimum Gasteiger partial charge on any atom is -0.336 e. The van der Waals surface area contributed by atoms with Gasteiger partial charge in [0, 0.05) is 101 Å². The summed E-state index contributed by atoms with van der Waals surface area (Å²) >= 11 is 0. The number of rotatable bonds is 16. The first-order valence-electron chi connectivity index (χ1n) is 26.7. The molecule has 0 N–H and O–H groups in total. The zero-order valence-corrected chi connectivity index (χ0v) is 43.5. The van der Waals surface area contributed by atoms with Crippen molar-refractivity contribution in [1.29, 1.82) is 0 Å². The monoisotopic (exact) mass is 1010 g/mol. The first kappa shape index (κ1) is 52.8. The number of carbonyl (C=O) groups is 2. The van der Waals surface area contributed by atoms with Crippen molar-refractivity contribution in [2.45, 2.75) is 104 Å². The van der Waals surface area contributed by atoms with Crippen LogP contribution in [0.5, 0.6) is 0 Å². The Bertz CT molecular complexity index is 3140. The summed E-state index contributed by atoms with van der Waals surface area (Å²) in [6.45, 7) is 13.8. The van der Waals surface area contributed by atoms with Crippen LogP contribution in [0.1, 0.15) is 107 Å². The molecule has 0 radical (unpaired) electrons. The van der Waals surface area contributed by atoms with Crippen LogP contribution < -0.4 is 0 Å². The molecule has 8 aromatic rings. The lowest BCUT2D eigenvalue weighted by atomic mass is 10.0. The zero-order valence-electron chi connectivity index (χ0n) is 43.5. The van der Waals surface area contributed by atoms with Crippen molar-refractivity contribution >= 4 is 33.4 Å². The molecule has 6 aromatic carbocycles. The number of benzene rings is 6. The number of halogens is 3. The van der Waals surface area contributed by atoms with Crippen molar-refractivity contribution in [2.75, 3.05) is 39.3 Å². The number of unbranched alkanes of at least 4 members (excludes halogenated alkanes) is 2. The van der Waals surface area contributed by atoms with Crippen molar-refractivity contribution in [3.63, 3.8) is 0 Å². The third kappa shape index (κ3) is 13.1. The average molecular weight is 1020 g/mol. The SMILES string of the molecule is CCCC[C@H]1CN(C(=O)c2cccc3ccccc23)CCN1Cc1cncn1Cc1ccc(C(F)(F)F)cc1.CCCC[C@H]1CN(C(=O)c2cccc3ccccc23)CCN1Cc1cncn1Cc1ccc(C)cc1. The minimum atomic E-state index is -4.34. The van der Waals surface area contributed by atoms with E-state index in [9.17, 15) is 22.8 Å². The highest BCUT2D eigenvalue weighted by molar-refractivity contribution is 6.08. The van der Waals surface area contributed by atoms with Crippen LogP contribution in [0, 0.1) is 6.92 Å². The normalized spacial score (nSPS) is 16.6. The van der Waals surface area contributed by atoms with Crippen LogP contribution in [-0.4, -0.2) is 102 Å². The number of aryl methyl sites for hydroxylation is 1. The first-order chi connectivity index (χ1) is 36.4. The molecule has 2 aromatic heterocycles. The largest absolute Gasteiger partial charge is 0.416 e. The molecule has 2 fully saturated rings. The second-order valence-electron chi connectivity index (χ2n) is 20.3. The second kappa shape index (κ2) is 24.5. The fourth-order valence-corrected chi connectivity index (χ4v) is 10.7. The van der Waals surface area contributed by atoms with Crippen LogP contribution in [-0.2, 0) is 32.4 Å². The predicted octanol–water partition coefficient (Wildman–Crippen LogP) is 12.5. The third-order valence-electron chi connectivity index (χ3n) is 15.0. The summed E-state index contributed by atoms with van der Waals surface area (Å²) in [7, 11) is 0. The number of imidazole rings is 2. The second-order valence-corrected chi connectivity index (χ2v) is 20.3. The van der Waals surface area contributed by atoms with E-state index in [0.717, 1.165) is 127 Å². The van der Waals surface area contributed by atoms with Crippen LogP contribution >= 0.6 is 0 Å². The van der Waals surface area contributed by atoms with Gasteiger partial charge in [0.05, 0.1) is 29.6 Å². The Morgan fingerprint density at radius 1 is 0.533 bits per heavy atom. The van der Waals surface area contributed by atoms with Gasteiger partial charge in [-0.15, -0.1) is 0 Å². The fraction of sp³-hybridized carbons (Fsp3) is 0.355. The van der Waals surface area contributed by atoms with Gasteiger partial charge >= 0.3 is 6.18 Å². The molecule has 10 rings (SSSR count). The Morgan fingerprint density at radius 3 is 1.40 bits per heavy atom. The Labute approximate surface area is 439 Å². The number of alkyl halides is 3. The number of hydrogen-bond acceptors (Lipinski definition) is 6. The molecule has 0 saturated carbocycles. The van der Waals surface area contributed by atoms with Gasteiger partial charge in [-0.2, -0.15) is 13.2 Å². The van der Waals surface area contributed by atoms with Crippen LogP contribution in [0.2, 0.25) is 0 Å². The summed E-state index contributed by atoms with van der Waals surface area (Å²) in [4.78, 5) is 45.1. The van der Waals surface area contributed by atoms with Gasteiger partial charge in [-0.25, -0.2) is 9.97 Å². The molecule has 390 valence electrons. The number of carbonyl (C=O) groups excluding carboxylic acids is 2. The molecule has 13 heteroatoms. The molecule has 2 atom stereocenters. The lowest BCUT2D eigenvalue weighted by molar-refractivity contribution is -0.137. The lowest BCUT2D eigenvalue weighted by Crippen LogP contribution is -2.54. The summed E-state index contributed by atoms with van der Waals surface area (Å²) in [6, 6.07) is 42.7. The van der Waals surface area contributed by atoms with Crippen LogP contribution in [0.15, 0.2) is 159 Å². The number of fused-ring (bicyclic) bond motifs is 2. The molecule has 2 saturated heterocycles. The van der Waals surface area contributed by atoms with E-state index in [1.54, 1.807) is 6.33 Å². The molecular formula is C62H69F3N8O2. The van der Waals surface area contributed by atoms with Gasteiger partial charge in [0.25, 0.3) is 11.8 Å². The Kier molecular flexibility index (Phi) is 17.2. The summed E-state index contributed by atoms with van der Waals surface area (Å²) in [6.07, 6.45) is 9.72. The molecule has 2 amide bonds. The number of amides is 2. The fourth-order valence-electron chi connectivity index (χ4n) is 10.7. The standard InChI is InChI=1S/C31H33F3N4O.C31H36N4O/c1-2-3-9-26-20-37(30(39)29-11-6-8-24-7-4-5-10-28(24)29)17-16-36(26)21-27-18-35-22-38(27)19-23-12-14-25(15-13-23)31(32,33)34;1-3-4-10-27-21-34(31(36)30-12-7-9-26-8-5-6-11-29(26)30)18-17-33(27)22-28-19-32-23-35(28)20-25-15-13-24(2)14-16-25/h4-8,10-15,18,22,26H,2-3,9,16-17,19-21H2,1H3;5-9,11-16,19,23,27H,3-4,10,17-18,20-22H2,1-2H3/t26-;27-/m00/s1. The molecule has 2 aliphatic heterocycles. The van der Waals surface area contributed by atoms with Gasteiger partial charge in [-0.1, -0.05) is 154 Å². The van der Waals surface area contributed by atoms with Gasteiger partial charge in [0.15, 0.2) is 0 Å². The van der Waals surface area contributed by atoms with Crippen LogP contribution in [0.4, 0.5) is 13.2 Å². The van der Waals surface area contributed by atoms with E-state index in [4.69, 9.17) is 0 Å². The highest BCUT2D eigenvalue weighted by Crippen LogP contribution is 2.30. The van der Waals surface area contributed by atoms with Gasteiger partial charge in [0.1, 0.15) is 0 Å². The number of nitrogens with zero attached hydrogens (tertiary/aromatic N) is 8. The van der Waals surface area contributed by atoms with Crippen molar-refractivity contribution in [3.05, 3.63) is 203 Å². The first-order valence-corrected chi connectivity index (χ1v) is 26.7. The topological polar surface area (TPSA) is 82.7 Å². The third-order valence-corrected chi connectivity index (χ3v) is 15.0. The minimum absolute atomic E-state index is 0.0697. The zero-order chi connectivity index (χ0) is 52.3. The molecule has 0 bridgehead atoms. The predicted molar refractivity (Wildman–Crippen MR) is 292 cm³/mol. The summed E-state index contributed by atoms with van der Waals surface area (Å²) < 4.78 is 43.1. The van der Waals surface area contributed by atoms with E-state index in [2.05, 4.69) is 92.5 Å². The molecule has 0 spiro atoms. The van der Waals surface area contributed by atoms with Gasteiger partial charge < -0.3 is 18.9 Å². The molecule has 0 aliphatic carbocycles. The Morgan fingerprint density at radius 2 is 0.960 bits per heavy atom. The van der Waals surface area contributed by atoms with Crippen molar-refractivity contribution < 1.29 is 22.8 Å². The summed E-state index contributed by atoms with van der Waals surface area (Å²) in [5, 5.41) is 4.19. The van der Waals surface area contributed by atoms with Gasteiger partial charge in [-0.3, -0.25) is 19.4 Å². The van der Waals surface area contributed by atoms with Crippen molar-refractivity contribution in [1.82, 2.24) is 38.7 Å². The molecular weight excluding hydrogens is 946 g/mol. The van der Waals surface area contributed by atoms with E-state index in [1.165, 1.54) is 35.4 Å². The highest BCUT2D eigenvalue weighted by Gasteiger charge is 2.33.